The molecule has 0 spiro atoms. The lowest BCUT2D eigenvalue weighted by atomic mass is 10.1. The molecule has 2 rings (SSSR count). The van der Waals surface area contributed by atoms with Crippen molar-refractivity contribution in [3.8, 4) is 0 Å². The molecule has 0 saturated carbocycles. The van der Waals surface area contributed by atoms with Crippen LogP contribution in [0.2, 0.25) is 0 Å². The molecule has 1 fully saturated rings. The van der Waals surface area contributed by atoms with Crippen LogP contribution in [0.15, 0.2) is 30.3 Å². The normalized spacial score (nSPS) is 15.9. The molecule has 4 nitrogen and oxygen atoms in total. The number of nitrogens with zero attached hydrogens (tertiary/aromatic N) is 1. The summed E-state index contributed by atoms with van der Waals surface area (Å²) >= 11 is 0. The van der Waals surface area contributed by atoms with Crippen molar-refractivity contribution >= 4 is 11.7 Å². The summed E-state index contributed by atoms with van der Waals surface area (Å²) in [4.78, 5) is 12.5. The van der Waals surface area contributed by atoms with E-state index in [1.165, 1.54) is 31.6 Å². The van der Waals surface area contributed by atoms with Gasteiger partial charge in [-0.3, -0.25) is 4.79 Å². The fraction of sp³-hybridized carbons (Fsp3) is 0.533. The molecule has 1 aliphatic rings. The Kier molecular flexibility index (Phi) is 6.36. The molecule has 0 unspecified atom stereocenters. The Morgan fingerprint density at radius 2 is 1.74 bits per heavy atom. The monoisotopic (exact) mass is 264 g/mol. The molecule has 4 heteroatoms. The van der Waals surface area contributed by atoms with Gasteiger partial charge in [0.2, 0.25) is 0 Å². The highest BCUT2D eigenvalue weighted by atomic mass is 16.4. The molecule has 3 N–H and O–H groups in total. The zero-order valence-corrected chi connectivity index (χ0v) is 11.7. The number of carboxylic acid groups (broad SMARTS) is 1. The summed E-state index contributed by atoms with van der Waals surface area (Å²) in [7, 11) is 0. The summed E-state index contributed by atoms with van der Waals surface area (Å²) < 4.78 is 0. The summed E-state index contributed by atoms with van der Waals surface area (Å²) in [6, 6.07) is 9.94. The second-order valence-electron chi connectivity index (χ2n) is 5.14. The molecule has 1 aromatic rings. The fourth-order valence-electron chi connectivity index (χ4n) is 1.90. The molecule has 1 heterocycles. The number of benzene rings is 1. The van der Waals surface area contributed by atoms with E-state index in [0.717, 1.165) is 0 Å². The van der Waals surface area contributed by atoms with Crippen LogP contribution in [0.1, 0.15) is 26.7 Å². The van der Waals surface area contributed by atoms with E-state index < -0.39 is 12.0 Å². The Hall–Kier alpha value is -1.55. The average Bonchev–Trinajstić information content (AvgIpc) is 2.93. The first-order valence-electron chi connectivity index (χ1n) is 6.80. The molecule has 1 aliphatic heterocycles. The van der Waals surface area contributed by atoms with Gasteiger partial charge in [0.05, 0.1) is 0 Å². The second kappa shape index (κ2) is 7.79. The maximum absolute atomic E-state index is 10.0. The third-order valence-corrected chi connectivity index (χ3v) is 3.23. The molecule has 1 aromatic carbocycles. The summed E-state index contributed by atoms with van der Waals surface area (Å²) in [6.07, 6.45) is 2.71. The molecule has 0 radical (unpaired) electrons. The first-order valence-corrected chi connectivity index (χ1v) is 6.80. The van der Waals surface area contributed by atoms with E-state index >= 15 is 0 Å². The number of nitrogens with two attached hydrogens (primary N) is 1. The van der Waals surface area contributed by atoms with Gasteiger partial charge >= 0.3 is 5.97 Å². The molecule has 0 amide bonds. The molecule has 19 heavy (non-hydrogen) atoms. The van der Waals surface area contributed by atoms with Crippen LogP contribution in [0, 0.1) is 5.92 Å². The van der Waals surface area contributed by atoms with E-state index in [2.05, 4.69) is 35.2 Å². The largest absolute Gasteiger partial charge is 0.480 e. The van der Waals surface area contributed by atoms with E-state index in [4.69, 9.17) is 10.8 Å². The van der Waals surface area contributed by atoms with Crippen LogP contribution < -0.4 is 10.6 Å². The van der Waals surface area contributed by atoms with Crippen LogP contribution in [-0.4, -0.2) is 30.2 Å². The first-order chi connectivity index (χ1) is 9.02. The number of rotatable bonds is 3. The zero-order valence-electron chi connectivity index (χ0n) is 11.7. The van der Waals surface area contributed by atoms with Gasteiger partial charge in [0.25, 0.3) is 0 Å². The summed E-state index contributed by atoms with van der Waals surface area (Å²) in [6.45, 7) is 6.03. The Morgan fingerprint density at radius 3 is 2.11 bits per heavy atom. The van der Waals surface area contributed by atoms with Crippen LogP contribution in [0.3, 0.4) is 0 Å². The number of anilines is 1. The maximum Gasteiger partial charge on any atom is 0.320 e. The number of aliphatic carboxylic acids is 1. The number of para-hydroxylation sites is 1. The van der Waals surface area contributed by atoms with Crippen molar-refractivity contribution in [3.63, 3.8) is 0 Å². The predicted octanol–water partition coefficient (Wildman–Crippen LogP) is 2.34. The third-order valence-electron chi connectivity index (χ3n) is 3.23. The van der Waals surface area contributed by atoms with Gasteiger partial charge in [-0.2, -0.15) is 0 Å². The zero-order chi connectivity index (χ0) is 14.3. The van der Waals surface area contributed by atoms with Gasteiger partial charge in [0, 0.05) is 18.8 Å². The van der Waals surface area contributed by atoms with Crippen molar-refractivity contribution in [2.24, 2.45) is 11.7 Å². The van der Waals surface area contributed by atoms with Crippen LogP contribution >= 0.6 is 0 Å². The van der Waals surface area contributed by atoms with Crippen LogP contribution in [0.4, 0.5) is 5.69 Å². The minimum atomic E-state index is -0.931. The van der Waals surface area contributed by atoms with Crippen LogP contribution in [0.5, 0.6) is 0 Å². The molecular formula is C15H24N2O2. The SMILES string of the molecule is CC(C)[C@H](N)C(=O)O.c1ccc(N2CCCC2)cc1. The fourth-order valence-corrected chi connectivity index (χ4v) is 1.90. The minimum absolute atomic E-state index is 0.0208. The quantitative estimate of drug-likeness (QED) is 0.879. The summed E-state index contributed by atoms with van der Waals surface area (Å²) in [5.41, 5.74) is 6.54. The molecule has 106 valence electrons. The van der Waals surface area contributed by atoms with Gasteiger partial charge in [0.15, 0.2) is 0 Å². The molecule has 1 atom stereocenters. The van der Waals surface area contributed by atoms with E-state index in [-0.39, 0.29) is 5.92 Å². The van der Waals surface area contributed by atoms with Gasteiger partial charge in [-0.05, 0) is 30.9 Å². The standard InChI is InChI=1S/C10H13N.C5H11NO2/c1-2-6-10(7-3-1)11-8-4-5-9-11;1-3(2)4(6)5(7)8/h1-3,6-7H,4-5,8-9H2;3-4H,6H2,1-2H3,(H,7,8)/t;4-/m.0/s1. The number of hydrogen-bond acceptors (Lipinski definition) is 3. The van der Waals surface area contributed by atoms with Crippen molar-refractivity contribution in [3.05, 3.63) is 30.3 Å². The van der Waals surface area contributed by atoms with E-state index in [1.54, 1.807) is 13.8 Å². The van der Waals surface area contributed by atoms with E-state index in [1.807, 2.05) is 0 Å². The third kappa shape index (κ3) is 5.30. The molecule has 0 bridgehead atoms. The molecular weight excluding hydrogens is 240 g/mol. The average molecular weight is 264 g/mol. The van der Waals surface area contributed by atoms with Crippen molar-refractivity contribution in [1.29, 1.82) is 0 Å². The lowest BCUT2D eigenvalue weighted by Crippen LogP contribution is -2.34. The van der Waals surface area contributed by atoms with Crippen LogP contribution in [0.25, 0.3) is 0 Å². The highest BCUT2D eigenvalue weighted by molar-refractivity contribution is 5.73. The Balaban J connectivity index is 0.000000203. The van der Waals surface area contributed by atoms with Crippen molar-refractivity contribution in [2.75, 3.05) is 18.0 Å². The second-order valence-corrected chi connectivity index (χ2v) is 5.14. The Labute approximate surface area is 115 Å². The summed E-state index contributed by atoms with van der Waals surface area (Å²) in [5, 5.41) is 8.23. The Bertz CT molecular complexity index is 373. The van der Waals surface area contributed by atoms with Gasteiger partial charge < -0.3 is 15.7 Å². The lowest BCUT2D eigenvalue weighted by Gasteiger charge is -2.16. The molecule has 0 aromatic heterocycles. The van der Waals surface area contributed by atoms with Gasteiger partial charge in [0.1, 0.15) is 6.04 Å². The predicted molar refractivity (Wildman–Crippen MR) is 78.3 cm³/mol. The molecule has 1 saturated heterocycles. The minimum Gasteiger partial charge on any atom is -0.480 e. The van der Waals surface area contributed by atoms with E-state index in [9.17, 15) is 4.79 Å². The number of carbonyl (C=O) groups is 1. The maximum atomic E-state index is 10.0. The number of carboxylic acids is 1. The van der Waals surface area contributed by atoms with Crippen molar-refractivity contribution in [1.82, 2.24) is 0 Å². The van der Waals surface area contributed by atoms with Gasteiger partial charge in [-0.1, -0.05) is 32.0 Å². The Morgan fingerprint density at radius 1 is 1.21 bits per heavy atom. The first kappa shape index (κ1) is 15.5. The highest BCUT2D eigenvalue weighted by Crippen LogP contribution is 2.18. The van der Waals surface area contributed by atoms with Crippen LogP contribution in [-0.2, 0) is 4.79 Å². The summed E-state index contributed by atoms with van der Waals surface area (Å²) in [5.74, 6) is -0.910. The van der Waals surface area contributed by atoms with Crippen molar-refractivity contribution < 1.29 is 9.90 Å². The topological polar surface area (TPSA) is 66.6 Å². The van der Waals surface area contributed by atoms with Gasteiger partial charge in [-0.25, -0.2) is 0 Å². The smallest absolute Gasteiger partial charge is 0.320 e. The van der Waals surface area contributed by atoms with Crippen molar-refractivity contribution in [2.45, 2.75) is 32.7 Å². The highest BCUT2D eigenvalue weighted by Gasteiger charge is 2.14. The van der Waals surface area contributed by atoms with E-state index in [0.29, 0.717) is 0 Å². The molecule has 0 aliphatic carbocycles. The number of hydrogen-bond donors (Lipinski definition) is 2. The lowest BCUT2D eigenvalue weighted by molar-refractivity contribution is -0.139. The van der Waals surface area contributed by atoms with Gasteiger partial charge in [-0.15, -0.1) is 0 Å².